The highest BCUT2D eigenvalue weighted by Gasteiger charge is 2.20. The summed E-state index contributed by atoms with van der Waals surface area (Å²) < 4.78 is 0. The number of pyridine rings is 1. The first-order chi connectivity index (χ1) is 15.2. The molecule has 0 spiro atoms. The van der Waals surface area contributed by atoms with E-state index in [2.05, 4.69) is 34.6 Å². The standard InChI is InChI=1S/C27H24N2O2/c30-26(17-24(18-8-3-1-4-9-18)19-10-5-2-6-11-19)28-20-14-15-22-21-12-7-13-23(21)27(31)29-25(22)16-20/h1-6,8-11,14-16,24H,7,12-13,17H2,(H,28,30)(H,29,31). The van der Waals surface area contributed by atoms with Gasteiger partial charge in [0.2, 0.25) is 5.91 Å². The van der Waals surface area contributed by atoms with Gasteiger partial charge in [-0.3, -0.25) is 9.59 Å². The van der Waals surface area contributed by atoms with Crippen LogP contribution < -0.4 is 10.9 Å². The van der Waals surface area contributed by atoms with Crippen LogP contribution in [0.4, 0.5) is 5.69 Å². The van der Waals surface area contributed by atoms with E-state index >= 15 is 0 Å². The Morgan fingerprint density at radius 1 is 0.871 bits per heavy atom. The molecule has 2 N–H and O–H groups in total. The van der Waals surface area contributed by atoms with E-state index in [1.165, 1.54) is 0 Å². The summed E-state index contributed by atoms with van der Waals surface area (Å²) in [5, 5.41) is 4.11. The number of anilines is 1. The Morgan fingerprint density at radius 3 is 2.19 bits per heavy atom. The van der Waals surface area contributed by atoms with Crippen molar-refractivity contribution < 1.29 is 4.79 Å². The summed E-state index contributed by atoms with van der Waals surface area (Å²) in [5.41, 5.74) is 5.78. The molecule has 4 nitrogen and oxygen atoms in total. The van der Waals surface area contributed by atoms with E-state index in [1.54, 1.807) is 0 Å². The van der Waals surface area contributed by atoms with Crippen molar-refractivity contribution in [1.82, 2.24) is 4.98 Å². The van der Waals surface area contributed by atoms with Gasteiger partial charge in [0.05, 0.1) is 5.52 Å². The van der Waals surface area contributed by atoms with Crippen LogP contribution in [0.15, 0.2) is 83.7 Å². The van der Waals surface area contributed by atoms with E-state index in [0.717, 1.165) is 52.4 Å². The zero-order chi connectivity index (χ0) is 21.2. The van der Waals surface area contributed by atoms with Crippen molar-refractivity contribution in [2.75, 3.05) is 5.32 Å². The van der Waals surface area contributed by atoms with Gasteiger partial charge in [-0.25, -0.2) is 0 Å². The summed E-state index contributed by atoms with van der Waals surface area (Å²) >= 11 is 0. The van der Waals surface area contributed by atoms with E-state index in [4.69, 9.17) is 0 Å². The number of aryl methyl sites for hydroxylation is 1. The predicted molar refractivity (Wildman–Crippen MR) is 125 cm³/mol. The van der Waals surface area contributed by atoms with Crippen molar-refractivity contribution in [2.24, 2.45) is 0 Å². The number of nitrogens with one attached hydrogen (secondary N) is 2. The minimum atomic E-state index is -0.0550. The van der Waals surface area contributed by atoms with Gasteiger partial charge in [0.15, 0.2) is 0 Å². The molecule has 0 saturated heterocycles. The van der Waals surface area contributed by atoms with Gasteiger partial charge in [0, 0.05) is 29.0 Å². The molecule has 4 heteroatoms. The molecule has 0 atom stereocenters. The van der Waals surface area contributed by atoms with Gasteiger partial charge < -0.3 is 10.3 Å². The number of aromatic amines is 1. The molecule has 1 amide bonds. The van der Waals surface area contributed by atoms with Gasteiger partial charge in [0.1, 0.15) is 0 Å². The fourth-order valence-corrected chi connectivity index (χ4v) is 4.67. The third-order valence-corrected chi connectivity index (χ3v) is 6.16. The summed E-state index contributed by atoms with van der Waals surface area (Å²) in [6.07, 6.45) is 3.15. The first-order valence-corrected chi connectivity index (χ1v) is 10.8. The number of carbonyl (C=O) groups is 1. The number of aromatic nitrogens is 1. The zero-order valence-electron chi connectivity index (χ0n) is 17.2. The molecule has 1 aliphatic rings. The summed E-state index contributed by atoms with van der Waals surface area (Å²) in [4.78, 5) is 28.3. The predicted octanol–water partition coefficient (Wildman–Crippen LogP) is 5.18. The third-order valence-electron chi connectivity index (χ3n) is 6.16. The minimum absolute atomic E-state index is 0.00306. The van der Waals surface area contributed by atoms with Crippen LogP contribution >= 0.6 is 0 Å². The lowest BCUT2D eigenvalue weighted by Crippen LogP contribution is -2.17. The number of hydrogen-bond acceptors (Lipinski definition) is 2. The quantitative estimate of drug-likeness (QED) is 0.478. The molecule has 154 valence electrons. The van der Waals surface area contributed by atoms with E-state index in [-0.39, 0.29) is 17.4 Å². The van der Waals surface area contributed by atoms with Crippen molar-refractivity contribution in [3.8, 4) is 0 Å². The molecule has 1 heterocycles. The molecular weight excluding hydrogens is 384 g/mol. The molecular formula is C27H24N2O2. The van der Waals surface area contributed by atoms with Crippen LogP contribution in [0, 0.1) is 0 Å². The summed E-state index contributed by atoms with van der Waals surface area (Å²) in [5.74, 6) is -0.0773. The molecule has 0 fully saturated rings. The van der Waals surface area contributed by atoms with Crippen LogP contribution in [0.3, 0.4) is 0 Å². The Hall–Kier alpha value is -3.66. The molecule has 0 bridgehead atoms. The minimum Gasteiger partial charge on any atom is -0.326 e. The van der Waals surface area contributed by atoms with Crippen molar-refractivity contribution in [3.63, 3.8) is 0 Å². The summed E-state index contributed by atoms with van der Waals surface area (Å²) in [7, 11) is 0. The van der Waals surface area contributed by atoms with E-state index < -0.39 is 0 Å². The molecule has 31 heavy (non-hydrogen) atoms. The van der Waals surface area contributed by atoms with E-state index in [9.17, 15) is 9.59 Å². The number of carbonyl (C=O) groups excluding carboxylic acids is 1. The van der Waals surface area contributed by atoms with Crippen molar-refractivity contribution in [3.05, 3.63) is 111 Å². The fraction of sp³-hybridized carbons (Fsp3) is 0.185. The number of benzene rings is 3. The summed E-state index contributed by atoms with van der Waals surface area (Å²) in [6, 6.07) is 26.0. The highest BCUT2D eigenvalue weighted by molar-refractivity contribution is 5.95. The second kappa shape index (κ2) is 8.23. The van der Waals surface area contributed by atoms with Gasteiger partial charge in [-0.2, -0.15) is 0 Å². The number of H-pyrrole nitrogens is 1. The van der Waals surface area contributed by atoms with Crippen molar-refractivity contribution >= 4 is 22.5 Å². The first kappa shape index (κ1) is 19.3. The SMILES string of the molecule is O=C(CC(c1ccccc1)c1ccccc1)Nc1ccc2c3c(c(=O)[nH]c2c1)CCC3. The van der Waals surface area contributed by atoms with Gasteiger partial charge in [0.25, 0.3) is 5.56 Å². The topological polar surface area (TPSA) is 62.0 Å². The highest BCUT2D eigenvalue weighted by Crippen LogP contribution is 2.30. The highest BCUT2D eigenvalue weighted by atomic mass is 16.1. The Bertz CT molecular complexity index is 1250. The van der Waals surface area contributed by atoms with Crippen molar-refractivity contribution in [2.45, 2.75) is 31.6 Å². The van der Waals surface area contributed by atoms with Crippen LogP contribution in [0.25, 0.3) is 10.9 Å². The molecule has 0 radical (unpaired) electrons. The Kier molecular flexibility index (Phi) is 5.13. The largest absolute Gasteiger partial charge is 0.326 e. The van der Waals surface area contributed by atoms with Crippen molar-refractivity contribution in [1.29, 1.82) is 0 Å². The molecule has 3 aromatic carbocycles. The molecule has 1 aliphatic carbocycles. The number of hydrogen-bond donors (Lipinski definition) is 2. The average molecular weight is 409 g/mol. The van der Waals surface area contributed by atoms with Crippen LogP contribution in [-0.4, -0.2) is 10.9 Å². The lowest BCUT2D eigenvalue weighted by atomic mass is 9.88. The van der Waals surface area contributed by atoms with Crippen LogP contribution in [0.5, 0.6) is 0 Å². The smallest absolute Gasteiger partial charge is 0.251 e. The first-order valence-electron chi connectivity index (χ1n) is 10.8. The van der Waals surface area contributed by atoms with Crippen LogP contribution in [-0.2, 0) is 17.6 Å². The van der Waals surface area contributed by atoms with Crippen LogP contribution in [0.1, 0.15) is 41.0 Å². The van der Waals surface area contributed by atoms with Gasteiger partial charge in [-0.15, -0.1) is 0 Å². The molecule has 4 aromatic rings. The normalized spacial score (nSPS) is 12.8. The van der Waals surface area contributed by atoms with Crippen LogP contribution in [0.2, 0.25) is 0 Å². The number of rotatable bonds is 5. The van der Waals surface area contributed by atoms with E-state index in [0.29, 0.717) is 12.1 Å². The molecule has 0 saturated carbocycles. The fourth-order valence-electron chi connectivity index (χ4n) is 4.67. The Balaban J connectivity index is 1.40. The van der Waals surface area contributed by atoms with Gasteiger partial charge in [-0.1, -0.05) is 66.7 Å². The maximum atomic E-state index is 13.0. The lowest BCUT2D eigenvalue weighted by Gasteiger charge is -2.18. The monoisotopic (exact) mass is 408 g/mol. The Labute approximate surface area is 181 Å². The molecule has 0 aliphatic heterocycles. The third kappa shape index (κ3) is 3.89. The lowest BCUT2D eigenvalue weighted by molar-refractivity contribution is -0.116. The average Bonchev–Trinajstić information content (AvgIpc) is 3.30. The second-order valence-electron chi connectivity index (χ2n) is 8.15. The van der Waals surface area contributed by atoms with Gasteiger partial charge >= 0.3 is 0 Å². The molecule has 5 rings (SSSR count). The summed E-state index contributed by atoms with van der Waals surface area (Å²) in [6.45, 7) is 0. The maximum absolute atomic E-state index is 13.0. The maximum Gasteiger partial charge on any atom is 0.251 e. The Morgan fingerprint density at radius 2 is 1.52 bits per heavy atom. The number of fused-ring (bicyclic) bond motifs is 3. The van der Waals surface area contributed by atoms with Gasteiger partial charge in [-0.05, 0) is 48.1 Å². The number of amides is 1. The second-order valence-corrected chi connectivity index (χ2v) is 8.15. The van der Waals surface area contributed by atoms with E-state index in [1.807, 2.05) is 54.6 Å². The molecule has 0 unspecified atom stereocenters. The molecule has 1 aromatic heterocycles. The zero-order valence-corrected chi connectivity index (χ0v) is 17.2.